The van der Waals surface area contributed by atoms with Crippen LogP contribution in [0.3, 0.4) is 0 Å². The first-order chi connectivity index (χ1) is 18.2. The van der Waals surface area contributed by atoms with E-state index in [4.69, 9.17) is 9.15 Å². The van der Waals surface area contributed by atoms with Crippen molar-refractivity contribution >= 4 is 17.2 Å². The summed E-state index contributed by atoms with van der Waals surface area (Å²) in [6, 6.07) is 0.171. The van der Waals surface area contributed by atoms with E-state index in [0.29, 0.717) is 23.6 Å². The molecular formula is C26H38F3N5O3S. The molecule has 3 heterocycles. The lowest BCUT2D eigenvalue weighted by molar-refractivity contribution is -0.153. The van der Waals surface area contributed by atoms with Crippen molar-refractivity contribution in [2.24, 2.45) is 11.8 Å². The number of halogens is 3. The molecule has 4 rings (SSSR count). The molecule has 38 heavy (non-hydrogen) atoms. The number of ether oxygens (including phenoxy) is 1. The van der Waals surface area contributed by atoms with Gasteiger partial charge in [0.15, 0.2) is 6.61 Å². The molecule has 0 aromatic carbocycles. The van der Waals surface area contributed by atoms with Crippen LogP contribution in [-0.2, 0) is 24.1 Å². The van der Waals surface area contributed by atoms with Crippen LogP contribution >= 0.6 is 11.3 Å². The highest BCUT2D eigenvalue weighted by Crippen LogP contribution is 2.35. The van der Waals surface area contributed by atoms with Gasteiger partial charge in [-0.2, -0.15) is 13.2 Å². The van der Waals surface area contributed by atoms with E-state index in [2.05, 4.69) is 32.3 Å². The van der Waals surface area contributed by atoms with Gasteiger partial charge in [-0.25, -0.2) is 4.98 Å². The maximum atomic E-state index is 12.5. The van der Waals surface area contributed by atoms with E-state index in [1.807, 2.05) is 0 Å². The van der Waals surface area contributed by atoms with Crippen LogP contribution in [0.15, 0.2) is 4.42 Å². The van der Waals surface area contributed by atoms with Gasteiger partial charge in [0, 0.05) is 37.4 Å². The zero-order valence-electron chi connectivity index (χ0n) is 22.2. The first kappa shape index (κ1) is 28.8. The smallest absolute Gasteiger partial charge is 0.422 e. The largest absolute Gasteiger partial charge is 0.460 e. The van der Waals surface area contributed by atoms with Crippen molar-refractivity contribution in [2.75, 3.05) is 26.2 Å². The number of nitrogens with zero attached hydrogens (tertiary/aromatic N) is 4. The summed E-state index contributed by atoms with van der Waals surface area (Å²) in [7, 11) is 0. The lowest BCUT2D eigenvalue weighted by atomic mass is 9.82. The summed E-state index contributed by atoms with van der Waals surface area (Å²) < 4.78 is 47.6. The molecule has 2 aromatic heterocycles. The lowest BCUT2D eigenvalue weighted by Gasteiger charge is -2.28. The summed E-state index contributed by atoms with van der Waals surface area (Å²) in [6.45, 7) is 5.39. The summed E-state index contributed by atoms with van der Waals surface area (Å²) in [6.07, 6.45) is 4.94. The summed E-state index contributed by atoms with van der Waals surface area (Å²) in [5, 5.41) is 11.0. The van der Waals surface area contributed by atoms with E-state index < -0.39 is 12.8 Å². The van der Waals surface area contributed by atoms with Crippen molar-refractivity contribution in [3.05, 3.63) is 22.4 Å². The molecule has 0 spiro atoms. The average Bonchev–Trinajstić information content (AvgIpc) is 3.33. The van der Waals surface area contributed by atoms with Crippen molar-refractivity contribution in [2.45, 2.75) is 90.3 Å². The molecule has 3 unspecified atom stereocenters. The van der Waals surface area contributed by atoms with E-state index in [-0.39, 0.29) is 23.6 Å². The number of aryl methyl sites for hydroxylation is 1. The van der Waals surface area contributed by atoms with Gasteiger partial charge < -0.3 is 19.4 Å². The molecule has 1 saturated carbocycles. The predicted molar refractivity (Wildman–Crippen MR) is 137 cm³/mol. The number of fused-ring (bicyclic) bond motifs is 1. The Bertz CT molecular complexity index is 1020. The van der Waals surface area contributed by atoms with Crippen molar-refractivity contribution in [3.63, 3.8) is 0 Å². The highest BCUT2D eigenvalue weighted by atomic mass is 32.1. The van der Waals surface area contributed by atoms with Gasteiger partial charge in [0.1, 0.15) is 6.42 Å². The number of aromatic nitrogens is 3. The molecule has 2 aromatic rings. The van der Waals surface area contributed by atoms with Crippen LogP contribution in [0.5, 0.6) is 5.19 Å². The molecule has 0 radical (unpaired) electrons. The van der Waals surface area contributed by atoms with E-state index >= 15 is 0 Å². The molecular weight excluding hydrogens is 519 g/mol. The Labute approximate surface area is 225 Å². The molecule has 212 valence electrons. The number of carbonyl (C=O) groups excluding carboxylic acids is 1. The summed E-state index contributed by atoms with van der Waals surface area (Å²) in [5.41, 5.74) is 0.877. The first-order valence-corrected chi connectivity index (χ1v) is 14.5. The molecule has 1 fully saturated rings. The number of carbonyl (C=O) groups is 1. The fourth-order valence-corrected chi connectivity index (χ4v) is 6.65. The van der Waals surface area contributed by atoms with Gasteiger partial charge >= 0.3 is 6.18 Å². The standard InChI is InChI=1S/C26H38F3N5O3S/c1-3-4-18-5-7-20(30-23(35)15-24-33-32-17(2)37-24)8-6-19(18)9-12-34-13-10-21-22(11-14-34)38-25(31-21)36-16-26(27,28)29/h18-20H,3-16H2,1-2H3,(H,30,35). The van der Waals surface area contributed by atoms with Crippen molar-refractivity contribution in [1.82, 2.24) is 25.4 Å². The van der Waals surface area contributed by atoms with Crippen molar-refractivity contribution in [1.29, 1.82) is 0 Å². The topological polar surface area (TPSA) is 93.4 Å². The molecule has 0 bridgehead atoms. The van der Waals surface area contributed by atoms with E-state index in [0.717, 1.165) is 81.6 Å². The lowest BCUT2D eigenvalue weighted by Crippen LogP contribution is -2.35. The highest BCUT2D eigenvalue weighted by Gasteiger charge is 2.31. The predicted octanol–water partition coefficient (Wildman–Crippen LogP) is 4.90. The Morgan fingerprint density at radius 2 is 1.87 bits per heavy atom. The van der Waals surface area contributed by atoms with E-state index in [9.17, 15) is 18.0 Å². The maximum Gasteiger partial charge on any atom is 0.422 e. The third kappa shape index (κ3) is 8.65. The molecule has 1 aliphatic carbocycles. The second-order valence-electron chi connectivity index (χ2n) is 10.5. The minimum atomic E-state index is -4.35. The second kappa shape index (κ2) is 13.2. The minimum Gasteiger partial charge on any atom is -0.460 e. The number of thiazole rings is 1. The first-order valence-electron chi connectivity index (χ1n) is 13.7. The molecule has 3 atom stereocenters. The van der Waals surface area contributed by atoms with Crippen LogP contribution in [0.4, 0.5) is 13.2 Å². The normalized spacial score (nSPS) is 22.9. The van der Waals surface area contributed by atoms with Crippen LogP contribution in [0.1, 0.15) is 74.2 Å². The molecule has 0 saturated heterocycles. The highest BCUT2D eigenvalue weighted by molar-refractivity contribution is 7.13. The number of alkyl halides is 3. The fraction of sp³-hybridized carbons (Fsp3) is 0.769. The molecule has 1 amide bonds. The quantitative estimate of drug-likeness (QED) is 0.416. The third-order valence-electron chi connectivity index (χ3n) is 7.60. The van der Waals surface area contributed by atoms with E-state index in [1.54, 1.807) is 6.92 Å². The van der Waals surface area contributed by atoms with Gasteiger partial charge in [0.2, 0.25) is 17.7 Å². The Balaban J connectivity index is 1.24. The number of hydrogen-bond donors (Lipinski definition) is 1. The second-order valence-corrected chi connectivity index (χ2v) is 11.5. The number of amides is 1. The van der Waals surface area contributed by atoms with Gasteiger partial charge in [0.25, 0.3) is 5.19 Å². The summed E-state index contributed by atoms with van der Waals surface area (Å²) >= 11 is 1.25. The van der Waals surface area contributed by atoms with Crippen molar-refractivity contribution in [3.8, 4) is 5.19 Å². The molecule has 8 nitrogen and oxygen atoms in total. The maximum absolute atomic E-state index is 12.5. The van der Waals surface area contributed by atoms with Gasteiger partial charge in [-0.15, -0.1) is 10.2 Å². The third-order valence-corrected chi connectivity index (χ3v) is 8.67. The summed E-state index contributed by atoms with van der Waals surface area (Å²) in [4.78, 5) is 20.4. The fourth-order valence-electron chi connectivity index (χ4n) is 5.71. The Hall–Kier alpha value is -2.21. The van der Waals surface area contributed by atoms with Crippen molar-refractivity contribution < 1.29 is 27.1 Å². The Morgan fingerprint density at radius 3 is 2.55 bits per heavy atom. The van der Waals surface area contributed by atoms with Crippen LogP contribution in [-0.4, -0.2) is 64.4 Å². The van der Waals surface area contributed by atoms with E-state index in [1.165, 1.54) is 17.8 Å². The minimum absolute atomic E-state index is 0.0678. The SMILES string of the molecule is CCCC1CCC(NC(=O)Cc2nnc(C)o2)CCC1CCN1CCc2nc(OCC(F)(F)F)sc2CC1. The zero-order chi connectivity index (χ0) is 27.1. The zero-order valence-corrected chi connectivity index (χ0v) is 23.0. The monoisotopic (exact) mass is 557 g/mol. The summed E-state index contributed by atoms with van der Waals surface area (Å²) in [5.74, 6) is 2.02. The van der Waals surface area contributed by atoms with Crippen LogP contribution < -0.4 is 10.1 Å². The van der Waals surface area contributed by atoms with Crippen LogP contribution in [0.2, 0.25) is 0 Å². The molecule has 1 N–H and O–H groups in total. The van der Waals surface area contributed by atoms with Gasteiger partial charge in [-0.05, 0) is 56.9 Å². The Morgan fingerprint density at radius 1 is 1.13 bits per heavy atom. The molecule has 12 heteroatoms. The number of hydrogen-bond acceptors (Lipinski definition) is 8. The number of rotatable bonds is 10. The molecule has 1 aliphatic heterocycles. The van der Waals surface area contributed by atoms with Gasteiger partial charge in [-0.3, -0.25) is 4.79 Å². The average molecular weight is 558 g/mol. The molecule has 2 aliphatic rings. The van der Waals surface area contributed by atoms with Crippen LogP contribution in [0, 0.1) is 18.8 Å². The number of nitrogens with one attached hydrogen (secondary N) is 1. The van der Waals surface area contributed by atoms with Gasteiger partial charge in [0.05, 0.1) is 5.69 Å². The van der Waals surface area contributed by atoms with Gasteiger partial charge in [-0.1, -0.05) is 31.1 Å². The Kier molecular flexibility index (Phi) is 10.0. The van der Waals surface area contributed by atoms with Crippen LogP contribution in [0.25, 0.3) is 0 Å².